The summed E-state index contributed by atoms with van der Waals surface area (Å²) in [5.41, 5.74) is 11.2. The van der Waals surface area contributed by atoms with Gasteiger partial charge in [0, 0.05) is 50.8 Å². The Morgan fingerprint density at radius 2 is 1.62 bits per heavy atom. The van der Waals surface area contributed by atoms with E-state index in [4.69, 9.17) is 16.0 Å². The first kappa shape index (κ1) is 22.6. The van der Waals surface area contributed by atoms with E-state index < -0.39 is 0 Å². The Labute approximate surface area is 214 Å². The number of pyridine rings is 3. The quantitative estimate of drug-likeness (QED) is 0.400. The molecule has 0 atom stereocenters. The Morgan fingerprint density at radius 3 is 2.41 bits per heavy atom. The molecule has 6 rings (SSSR count). The van der Waals surface area contributed by atoms with Crippen LogP contribution in [0.2, 0.25) is 0 Å². The van der Waals surface area contributed by atoms with E-state index in [0.29, 0.717) is 11.5 Å². The topological polar surface area (TPSA) is 113 Å². The normalized spacial score (nSPS) is 14.1. The smallest absolute Gasteiger partial charge is 0.164 e. The van der Waals surface area contributed by atoms with Gasteiger partial charge < -0.3 is 10.6 Å². The fraction of sp³-hybridized carbons (Fsp3) is 0.179. The molecule has 9 heteroatoms. The molecule has 182 valence electrons. The number of imidazole rings is 1. The number of nitriles is 1. The van der Waals surface area contributed by atoms with Gasteiger partial charge in [0.2, 0.25) is 0 Å². The largest absolute Gasteiger partial charge is 0.383 e. The zero-order valence-corrected chi connectivity index (χ0v) is 20.2. The number of fused-ring (bicyclic) bond motifs is 1. The first-order valence-corrected chi connectivity index (χ1v) is 12.2. The van der Waals surface area contributed by atoms with E-state index in [-0.39, 0.29) is 0 Å². The van der Waals surface area contributed by atoms with Crippen molar-refractivity contribution in [3.63, 3.8) is 0 Å². The summed E-state index contributed by atoms with van der Waals surface area (Å²) in [6.07, 6.45) is 3.45. The van der Waals surface area contributed by atoms with Crippen LogP contribution in [0.15, 0.2) is 79.1 Å². The van der Waals surface area contributed by atoms with Gasteiger partial charge in [-0.05, 0) is 54.1 Å². The van der Waals surface area contributed by atoms with Gasteiger partial charge in [-0.15, -0.1) is 0 Å². The minimum atomic E-state index is 0.435. The third-order valence-electron chi connectivity index (χ3n) is 6.64. The van der Waals surface area contributed by atoms with E-state index in [1.165, 1.54) is 5.56 Å². The highest BCUT2D eigenvalue weighted by atomic mass is 15.3. The minimum Gasteiger partial charge on any atom is -0.383 e. The third-order valence-corrected chi connectivity index (χ3v) is 6.64. The van der Waals surface area contributed by atoms with Gasteiger partial charge in [0.05, 0.1) is 5.56 Å². The molecule has 9 nitrogen and oxygen atoms in total. The van der Waals surface area contributed by atoms with E-state index >= 15 is 0 Å². The van der Waals surface area contributed by atoms with Gasteiger partial charge in [0.1, 0.15) is 28.9 Å². The van der Waals surface area contributed by atoms with Gasteiger partial charge in [0.15, 0.2) is 11.5 Å². The van der Waals surface area contributed by atoms with Crippen LogP contribution >= 0.6 is 0 Å². The Kier molecular flexibility index (Phi) is 5.92. The van der Waals surface area contributed by atoms with Crippen LogP contribution in [-0.2, 0) is 6.54 Å². The zero-order chi connectivity index (χ0) is 25.2. The molecule has 4 aromatic heterocycles. The average Bonchev–Trinajstić information content (AvgIpc) is 3.33. The van der Waals surface area contributed by atoms with Crippen LogP contribution in [0.3, 0.4) is 0 Å². The Morgan fingerprint density at radius 1 is 0.838 bits per heavy atom. The van der Waals surface area contributed by atoms with Crippen molar-refractivity contribution in [1.29, 1.82) is 5.26 Å². The molecule has 0 amide bonds. The predicted octanol–water partition coefficient (Wildman–Crippen LogP) is 3.65. The second-order valence-electron chi connectivity index (χ2n) is 8.98. The van der Waals surface area contributed by atoms with Crippen LogP contribution in [0, 0.1) is 11.3 Å². The first-order valence-electron chi connectivity index (χ1n) is 12.2. The number of anilines is 2. The molecule has 1 fully saturated rings. The standard InChI is InChI=1S/C28H25N9/c29-18-21-4-1-7-25(33-21)36-16-14-35(15-17-36)19-20-8-10-22(11-9-20)37-27(23-5-2-12-31-26(23)30)34-24-6-3-13-32-28(24)37/h1-13H,14-17,19H2,(H2,30,31). The maximum absolute atomic E-state index is 9.13. The van der Waals surface area contributed by atoms with Gasteiger partial charge in [-0.25, -0.2) is 19.9 Å². The molecule has 1 aromatic carbocycles. The molecule has 0 unspecified atom stereocenters. The van der Waals surface area contributed by atoms with Gasteiger partial charge in [-0.1, -0.05) is 18.2 Å². The van der Waals surface area contributed by atoms with Crippen molar-refractivity contribution in [3.05, 3.63) is 90.4 Å². The summed E-state index contributed by atoms with van der Waals surface area (Å²) in [5.74, 6) is 2.02. The lowest BCUT2D eigenvalue weighted by atomic mass is 10.1. The number of nitrogens with zero attached hydrogens (tertiary/aromatic N) is 8. The SMILES string of the molecule is N#Cc1cccc(N2CCN(Cc3ccc(-n4c(-c5cccnc5N)nc5cccnc54)cc3)CC2)n1. The number of hydrogen-bond donors (Lipinski definition) is 1. The highest BCUT2D eigenvalue weighted by Gasteiger charge is 2.20. The van der Waals surface area contributed by atoms with Crippen LogP contribution in [0.1, 0.15) is 11.3 Å². The zero-order valence-electron chi connectivity index (χ0n) is 20.2. The van der Waals surface area contributed by atoms with Gasteiger partial charge in [0.25, 0.3) is 0 Å². The van der Waals surface area contributed by atoms with Crippen molar-refractivity contribution in [2.24, 2.45) is 0 Å². The molecule has 2 N–H and O–H groups in total. The van der Waals surface area contributed by atoms with E-state index in [9.17, 15) is 0 Å². The number of nitrogens with two attached hydrogens (primary N) is 1. The maximum Gasteiger partial charge on any atom is 0.164 e. The number of piperazine rings is 1. The summed E-state index contributed by atoms with van der Waals surface area (Å²) in [4.78, 5) is 22.8. The molecule has 1 aliphatic rings. The first-order chi connectivity index (χ1) is 18.2. The summed E-state index contributed by atoms with van der Waals surface area (Å²) in [6.45, 7) is 4.48. The summed E-state index contributed by atoms with van der Waals surface area (Å²) in [7, 11) is 0. The number of benzene rings is 1. The lowest BCUT2D eigenvalue weighted by molar-refractivity contribution is 0.249. The molecule has 37 heavy (non-hydrogen) atoms. The molecular weight excluding hydrogens is 462 g/mol. The lowest BCUT2D eigenvalue weighted by Crippen LogP contribution is -2.46. The van der Waals surface area contributed by atoms with Crippen molar-refractivity contribution in [2.75, 3.05) is 36.8 Å². The van der Waals surface area contributed by atoms with Crippen molar-refractivity contribution < 1.29 is 0 Å². The molecule has 1 saturated heterocycles. The molecule has 0 spiro atoms. The van der Waals surface area contributed by atoms with Crippen LogP contribution in [0.4, 0.5) is 11.6 Å². The Balaban J connectivity index is 1.21. The van der Waals surface area contributed by atoms with Crippen molar-refractivity contribution >= 4 is 22.8 Å². The summed E-state index contributed by atoms with van der Waals surface area (Å²) < 4.78 is 2.04. The van der Waals surface area contributed by atoms with Crippen molar-refractivity contribution in [2.45, 2.75) is 6.54 Å². The fourth-order valence-corrected chi connectivity index (χ4v) is 4.75. The van der Waals surface area contributed by atoms with Crippen LogP contribution in [0.5, 0.6) is 0 Å². The monoisotopic (exact) mass is 487 g/mol. The van der Waals surface area contributed by atoms with Gasteiger partial charge in [-0.3, -0.25) is 9.47 Å². The molecule has 0 aliphatic carbocycles. The van der Waals surface area contributed by atoms with E-state index in [0.717, 1.165) is 66.8 Å². The van der Waals surface area contributed by atoms with Gasteiger partial charge in [-0.2, -0.15) is 5.26 Å². The molecule has 5 aromatic rings. The second-order valence-corrected chi connectivity index (χ2v) is 8.98. The van der Waals surface area contributed by atoms with E-state index in [2.05, 4.69) is 55.1 Å². The maximum atomic E-state index is 9.13. The predicted molar refractivity (Wildman–Crippen MR) is 143 cm³/mol. The average molecular weight is 488 g/mol. The summed E-state index contributed by atoms with van der Waals surface area (Å²) in [5, 5.41) is 9.13. The molecule has 1 aliphatic heterocycles. The fourth-order valence-electron chi connectivity index (χ4n) is 4.75. The van der Waals surface area contributed by atoms with Crippen LogP contribution in [-0.4, -0.2) is 55.6 Å². The molecule has 0 bridgehead atoms. The third kappa shape index (κ3) is 4.46. The highest BCUT2D eigenvalue weighted by Crippen LogP contribution is 2.30. The van der Waals surface area contributed by atoms with Gasteiger partial charge >= 0.3 is 0 Å². The lowest BCUT2D eigenvalue weighted by Gasteiger charge is -2.35. The van der Waals surface area contributed by atoms with Crippen LogP contribution in [0.25, 0.3) is 28.2 Å². The number of rotatable bonds is 5. The van der Waals surface area contributed by atoms with Crippen LogP contribution < -0.4 is 10.6 Å². The second kappa shape index (κ2) is 9.68. The molecule has 5 heterocycles. The number of hydrogen-bond acceptors (Lipinski definition) is 8. The molecule has 0 saturated carbocycles. The van der Waals surface area contributed by atoms with Crippen molar-refractivity contribution in [1.82, 2.24) is 29.4 Å². The molecular formula is C28H25N9. The van der Waals surface area contributed by atoms with E-state index in [1.807, 2.05) is 41.0 Å². The number of nitrogen functional groups attached to an aromatic ring is 1. The summed E-state index contributed by atoms with van der Waals surface area (Å²) in [6, 6.07) is 23.9. The van der Waals surface area contributed by atoms with Crippen molar-refractivity contribution in [3.8, 4) is 23.1 Å². The minimum absolute atomic E-state index is 0.435. The molecule has 0 radical (unpaired) electrons. The van der Waals surface area contributed by atoms with E-state index in [1.54, 1.807) is 18.5 Å². The Bertz CT molecular complexity index is 1590. The number of aromatic nitrogens is 5. The highest BCUT2D eigenvalue weighted by molar-refractivity contribution is 5.82. The summed E-state index contributed by atoms with van der Waals surface area (Å²) >= 11 is 0. The Hall–Kier alpha value is -4.81.